The Morgan fingerprint density at radius 3 is 2.93 bits per heavy atom. The number of ether oxygens (including phenoxy) is 1. The zero-order valence-corrected chi connectivity index (χ0v) is 8.58. The van der Waals surface area contributed by atoms with E-state index in [1.807, 2.05) is 25.1 Å². The summed E-state index contributed by atoms with van der Waals surface area (Å²) < 4.78 is 5.35. The highest BCUT2D eigenvalue weighted by atomic mass is 35.5. The molecule has 0 aliphatic carbocycles. The molecule has 0 fully saturated rings. The average Bonchev–Trinajstić information content (AvgIpc) is 2.20. The molecule has 0 saturated heterocycles. The maximum atomic E-state index is 8.61. The molecule has 0 unspecified atom stereocenters. The van der Waals surface area contributed by atoms with Gasteiger partial charge in [0.1, 0.15) is 12.4 Å². The minimum Gasteiger partial charge on any atom is -0.488 e. The summed E-state index contributed by atoms with van der Waals surface area (Å²) in [4.78, 5) is 0. The van der Waals surface area contributed by atoms with E-state index in [0.717, 1.165) is 0 Å². The van der Waals surface area contributed by atoms with Crippen molar-refractivity contribution >= 4 is 11.6 Å². The lowest BCUT2D eigenvalue weighted by Gasteiger charge is -2.04. The van der Waals surface area contributed by atoms with Gasteiger partial charge in [0.25, 0.3) is 0 Å². The van der Waals surface area contributed by atoms with Gasteiger partial charge in [-0.2, -0.15) is 5.26 Å². The van der Waals surface area contributed by atoms with E-state index in [9.17, 15) is 0 Å². The van der Waals surface area contributed by atoms with Crippen LogP contribution in [0.3, 0.4) is 0 Å². The monoisotopic (exact) mass is 207 g/mol. The first kappa shape index (κ1) is 10.6. The fraction of sp³-hybridized carbons (Fsp3) is 0.182. The highest BCUT2D eigenvalue weighted by molar-refractivity contribution is 6.32. The van der Waals surface area contributed by atoms with Crippen molar-refractivity contribution in [3.05, 3.63) is 40.9 Å². The van der Waals surface area contributed by atoms with Crippen molar-refractivity contribution in [2.24, 2.45) is 0 Å². The summed E-state index contributed by atoms with van der Waals surface area (Å²) in [6.45, 7) is 2.41. The number of nitriles is 1. The van der Waals surface area contributed by atoms with E-state index in [1.165, 1.54) is 0 Å². The molecule has 0 aromatic heterocycles. The zero-order valence-electron chi connectivity index (χ0n) is 7.83. The molecule has 0 bridgehead atoms. The van der Waals surface area contributed by atoms with Crippen molar-refractivity contribution in [1.29, 1.82) is 5.26 Å². The summed E-state index contributed by atoms with van der Waals surface area (Å²) in [5.41, 5.74) is 0.536. The quantitative estimate of drug-likeness (QED) is 0.714. The summed E-state index contributed by atoms with van der Waals surface area (Å²) in [7, 11) is 0. The molecule has 2 nitrogen and oxygen atoms in total. The number of halogens is 1. The molecule has 1 aromatic carbocycles. The number of hydrogen-bond acceptors (Lipinski definition) is 2. The topological polar surface area (TPSA) is 33.0 Å². The van der Waals surface area contributed by atoms with Crippen molar-refractivity contribution in [2.45, 2.75) is 6.92 Å². The van der Waals surface area contributed by atoms with Crippen LogP contribution in [0.15, 0.2) is 30.4 Å². The average molecular weight is 208 g/mol. The normalized spacial score (nSPS) is 10.1. The third kappa shape index (κ3) is 2.79. The second-order valence-corrected chi connectivity index (χ2v) is 3.04. The third-order valence-electron chi connectivity index (χ3n) is 1.63. The third-order valence-corrected chi connectivity index (χ3v) is 1.93. The molecular weight excluding hydrogens is 198 g/mol. The molecule has 0 aliphatic rings. The number of rotatable bonds is 3. The van der Waals surface area contributed by atoms with Crippen LogP contribution in [-0.4, -0.2) is 6.61 Å². The van der Waals surface area contributed by atoms with Crippen molar-refractivity contribution < 1.29 is 4.74 Å². The molecule has 0 amide bonds. The fourth-order valence-corrected chi connectivity index (χ4v) is 1.16. The maximum Gasteiger partial charge on any atom is 0.138 e. The number of allylic oxidation sites excluding steroid dienone is 1. The van der Waals surface area contributed by atoms with Gasteiger partial charge in [0.2, 0.25) is 0 Å². The fourth-order valence-electron chi connectivity index (χ4n) is 0.922. The standard InChI is InChI=1S/C11H10ClNO/c1-2-3-6-14-11-5-4-9(8-13)7-10(11)12/h2-5,7H,6H2,1H3/b3-2+. The van der Waals surface area contributed by atoms with Gasteiger partial charge in [0.05, 0.1) is 16.7 Å². The van der Waals surface area contributed by atoms with Gasteiger partial charge < -0.3 is 4.74 Å². The highest BCUT2D eigenvalue weighted by Crippen LogP contribution is 2.24. The summed E-state index contributed by atoms with van der Waals surface area (Å²) in [6.07, 6.45) is 3.78. The summed E-state index contributed by atoms with van der Waals surface area (Å²) in [5.74, 6) is 0.601. The van der Waals surface area contributed by atoms with E-state index in [4.69, 9.17) is 21.6 Å². The molecule has 0 aliphatic heterocycles. The predicted octanol–water partition coefficient (Wildman–Crippen LogP) is 3.17. The van der Waals surface area contributed by atoms with Crippen molar-refractivity contribution in [3.8, 4) is 11.8 Å². The Hall–Kier alpha value is -1.46. The Morgan fingerprint density at radius 1 is 1.57 bits per heavy atom. The smallest absolute Gasteiger partial charge is 0.138 e. The van der Waals surface area contributed by atoms with Crippen LogP contribution in [0.5, 0.6) is 5.75 Å². The van der Waals surface area contributed by atoms with Crippen LogP contribution in [0, 0.1) is 11.3 Å². The number of benzene rings is 1. The second kappa shape index (κ2) is 5.31. The van der Waals surface area contributed by atoms with Crippen molar-refractivity contribution in [3.63, 3.8) is 0 Å². The van der Waals surface area contributed by atoms with Crippen LogP contribution in [0.1, 0.15) is 12.5 Å². The van der Waals surface area contributed by atoms with Gasteiger partial charge in [0.15, 0.2) is 0 Å². The predicted molar refractivity (Wildman–Crippen MR) is 56.5 cm³/mol. The lowest BCUT2D eigenvalue weighted by molar-refractivity contribution is 0.363. The first-order chi connectivity index (χ1) is 6.77. The minimum absolute atomic E-state index is 0.466. The Labute approximate surface area is 88.4 Å². The number of hydrogen-bond donors (Lipinski definition) is 0. The number of nitrogens with zero attached hydrogens (tertiary/aromatic N) is 1. The molecular formula is C11H10ClNO. The molecule has 14 heavy (non-hydrogen) atoms. The lowest BCUT2D eigenvalue weighted by Crippen LogP contribution is -1.93. The van der Waals surface area contributed by atoms with Crippen LogP contribution in [-0.2, 0) is 0 Å². The molecule has 0 saturated carbocycles. The summed E-state index contributed by atoms with van der Waals surface area (Å²) in [6, 6.07) is 6.97. The van der Waals surface area contributed by atoms with E-state index < -0.39 is 0 Å². The molecule has 0 N–H and O–H groups in total. The van der Waals surface area contributed by atoms with Gasteiger partial charge in [-0.05, 0) is 25.1 Å². The van der Waals surface area contributed by atoms with Gasteiger partial charge in [0, 0.05) is 0 Å². The SMILES string of the molecule is C/C=C/COc1ccc(C#N)cc1Cl. The van der Waals surface area contributed by atoms with Gasteiger partial charge in [-0.1, -0.05) is 23.8 Å². The Bertz CT molecular complexity index is 379. The van der Waals surface area contributed by atoms with Gasteiger partial charge in [-0.3, -0.25) is 0 Å². The van der Waals surface area contributed by atoms with E-state index in [-0.39, 0.29) is 0 Å². The Morgan fingerprint density at radius 2 is 2.36 bits per heavy atom. The molecule has 0 spiro atoms. The van der Waals surface area contributed by atoms with Gasteiger partial charge >= 0.3 is 0 Å². The van der Waals surface area contributed by atoms with Crippen LogP contribution in [0.25, 0.3) is 0 Å². The molecule has 0 heterocycles. The highest BCUT2D eigenvalue weighted by Gasteiger charge is 2.01. The van der Waals surface area contributed by atoms with E-state index in [1.54, 1.807) is 18.2 Å². The molecule has 72 valence electrons. The summed E-state index contributed by atoms with van der Waals surface area (Å²) in [5, 5.41) is 9.07. The second-order valence-electron chi connectivity index (χ2n) is 2.64. The van der Waals surface area contributed by atoms with Crippen LogP contribution in [0.2, 0.25) is 5.02 Å². The molecule has 0 radical (unpaired) electrons. The van der Waals surface area contributed by atoms with Gasteiger partial charge in [-0.15, -0.1) is 0 Å². The van der Waals surface area contributed by atoms with Gasteiger partial charge in [-0.25, -0.2) is 0 Å². The Kier molecular flexibility index (Phi) is 4.03. The molecule has 3 heteroatoms. The van der Waals surface area contributed by atoms with E-state index in [0.29, 0.717) is 22.9 Å². The molecule has 1 aromatic rings. The maximum absolute atomic E-state index is 8.61. The first-order valence-electron chi connectivity index (χ1n) is 4.21. The first-order valence-corrected chi connectivity index (χ1v) is 4.59. The van der Waals surface area contributed by atoms with Crippen LogP contribution in [0.4, 0.5) is 0 Å². The largest absolute Gasteiger partial charge is 0.488 e. The summed E-state index contributed by atoms with van der Waals surface area (Å²) >= 11 is 5.89. The van der Waals surface area contributed by atoms with E-state index >= 15 is 0 Å². The van der Waals surface area contributed by atoms with E-state index in [2.05, 4.69) is 0 Å². The Balaban J connectivity index is 2.75. The van der Waals surface area contributed by atoms with Crippen LogP contribution < -0.4 is 4.74 Å². The zero-order chi connectivity index (χ0) is 10.4. The molecule has 1 rings (SSSR count). The van der Waals surface area contributed by atoms with Crippen LogP contribution >= 0.6 is 11.6 Å². The minimum atomic E-state index is 0.466. The lowest BCUT2D eigenvalue weighted by atomic mass is 10.2. The van der Waals surface area contributed by atoms with Crippen molar-refractivity contribution in [2.75, 3.05) is 6.61 Å². The molecule has 0 atom stereocenters. The van der Waals surface area contributed by atoms with Crippen molar-refractivity contribution in [1.82, 2.24) is 0 Å².